The van der Waals surface area contributed by atoms with E-state index in [0.717, 1.165) is 40.1 Å². The van der Waals surface area contributed by atoms with E-state index >= 15 is 0 Å². The molecule has 272 valence electrons. The summed E-state index contributed by atoms with van der Waals surface area (Å²) in [6.07, 6.45) is 5.52. The van der Waals surface area contributed by atoms with E-state index in [1.165, 1.54) is 13.8 Å². The number of aliphatic hydroxyl groups is 2. The molecular formula is C37H51ClN6O6. The van der Waals surface area contributed by atoms with Crippen molar-refractivity contribution in [2.45, 2.75) is 78.0 Å². The molecule has 0 unspecified atom stereocenters. The van der Waals surface area contributed by atoms with Gasteiger partial charge < -0.3 is 35.1 Å². The molecule has 2 atom stereocenters. The molecule has 0 saturated carbocycles. The second-order valence-electron chi connectivity index (χ2n) is 13.2. The van der Waals surface area contributed by atoms with E-state index in [9.17, 15) is 19.5 Å². The minimum Gasteiger partial charge on any atom is -0.444 e. The van der Waals surface area contributed by atoms with E-state index in [1.807, 2.05) is 88.7 Å². The van der Waals surface area contributed by atoms with Crippen LogP contribution in [0.4, 0.5) is 4.79 Å². The van der Waals surface area contributed by atoms with Gasteiger partial charge in [0.2, 0.25) is 0 Å². The molecule has 0 fully saturated rings. The highest BCUT2D eigenvalue weighted by Gasteiger charge is 2.20. The van der Waals surface area contributed by atoms with Crippen LogP contribution in [0, 0.1) is 0 Å². The maximum atomic E-state index is 12.0. The number of nitrogens with one attached hydrogen (secondary N) is 1. The first-order valence-corrected chi connectivity index (χ1v) is 16.3. The van der Waals surface area contributed by atoms with Crippen LogP contribution < -0.4 is 11.1 Å². The first kappa shape index (κ1) is 41.8. The Kier molecular flexibility index (Phi) is 16.0. The van der Waals surface area contributed by atoms with E-state index < -0.39 is 11.7 Å². The predicted molar refractivity (Wildman–Crippen MR) is 196 cm³/mol. The number of Topliss-reactive ketones (excluding diaryl/α,β-unsaturated/α-hetero) is 2. The summed E-state index contributed by atoms with van der Waals surface area (Å²) in [5.74, 6) is 0.753. The molecule has 2 heterocycles. The summed E-state index contributed by atoms with van der Waals surface area (Å²) >= 11 is 0. The number of aromatic nitrogens is 4. The largest absolute Gasteiger partial charge is 0.444 e. The van der Waals surface area contributed by atoms with Gasteiger partial charge in [-0.25, -0.2) is 14.8 Å². The van der Waals surface area contributed by atoms with Gasteiger partial charge in [0, 0.05) is 76.8 Å². The van der Waals surface area contributed by atoms with Crippen molar-refractivity contribution in [2.75, 3.05) is 13.2 Å². The van der Waals surface area contributed by atoms with Gasteiger partial charge in [0.15, 0.2) is 23.2 Å². The van der Waals surface area contributed by atoms with Crippen LogP contribution in [-0.2, 0) is 31.7 Å². The number of ether oxygens (including phenoxy) is 1. The zero-order chi connectivity index (χ0) is 36.3. The van der Waals surface area contributed by atoms with Crippen molar-refractivity contribution < 1.29 is 29.3 Å². The molecule has 0 radical (unpaired) electrons. The summed E-state index contributed by atoms with van der Waals surface area (Å²) in [5.41, 5.74) is 10.9. The van der Waals surface area contributed by atoms with Crippen LogP contribution in [-0.4, -0.2) is 77.9 Å². The summed E-state index contributed by atoms with van der Waals surface area (Å²) in [7, 11) is 3.61. The Morgan fingerprint density at radius 1 is 0.780 bits per heavy atom. The molecule has 0 aliphatic carbocycles. The van der Waals surface area contributed by atoms with Gasteiger partial charge in [-0.2, -0.15) is 0 Å². The number of aliphatic hydroxyl groups excluding tert-OH is 2. The van der Waals surface area contributed by atoms with Gasteiger partial charge in [-0.15, -0.1) is 12.4 Å². The Balaban J connectivity index is 0.000000353. The van der Waals surface area contributed by atoms with E-state index in [4.69, 9.17) is 15.6 Å². The van der Waals surface area contributed by atoms with E-state index in [0.29, 0.717) is 30.9 Å². The molecule has 2 aromatic heterocycles. The molecular weight excluding hydrogens is 660 g/mol. The Hall–Kier alpha value is -4.36. The average molecular weight is 711 g/mol. The zero-order valence-corrected chi connectivity index (χ0v) is 30.8. The third kappa shape index (κ3) is 12.8. The lowest BCUT2D eigenvalue weighted by Gasteiger charge is -2.23. The van der Waals surface area contributed by atoms with Crippen molar-refractivity contribution in [3.05, 3.63) is 83.7 Å². The van der Waals surface area contributed by atoms with Crippen molar-refractivity contribution in [3.63, 3.8) is 0 Å². The summed E-state index contributed by atoms with van der Waals surface area (Å²) in [4.78, 5) is 43.7. The fourth-order valence-electron chi connectivity index (χ4n) is 5.20. The zero-order valence-electron chi connectivity index (χ0n) is 30.0. The number of aryl methyl sites for hydroxylation is 2. The lowest BCUT2D eigenvalue weighted by Crippen LogP contribution is -2.40. The summed E-state index contributed by atoms with van der Waals surface area (Å²) < 4.78 is 8.75. The second kappa shape index (κ2) is 19.1. The standard InChI is InChI=1S/C21H29N3O4.C16H21N3O2.ClH/c1-14(26)19-23-18(13-24(19)5)16-8-6-15(7-9-16)12-17(10-11-25)22-20(27)28-21(2,3)4;1-11(21)16-18-15(10-19(16)2)13-5-3-12(4-6-13)9-14(17)7-8-20;/h6-9,13,17,25H,10-12H2,1-5H3,(H,22,27);3-6,10,14,20H,7-9,17H2,1-2H3;1H/t17-;14-;/m11./s1. The van der Waals surface area contributed by atoms with Crippen molar-refractivity contribution in [1.29, 1.82) is 0 Å². The molecule has 0 saturated heterocycles. The molecule has 1 amide bonds. The third-order valence-corrected chi connectivity index (χ3v) is 7.56. The number of alkyl carbamates (subject to hydrolysis) is 1. The molecule has 0 spiro atoms. The topological polar surface area (TPSA) is 175 Å². The lowest BCUT2D eigenvalue weighted by molar-refractivity contribution is 0.0496. The lowest BCUT2D eigenvalue weighted by atomic mass is 10.0. The van der Waals surface area contributed by atoms with E-state index in [2.05, 4.69) is 15.3 Å². The highest BCUT2D eigenvalue weighted by Crippen LogP contribution is 2.21. The normalized spacial score (nSPS) is 12.2. The predicted octanol–water partition coefficient (Wildman–Crippen LogP) is 5.07. The molecule has 5 N–H and O–H groups in total. The number of hydrogen-bond acceptors (Lipinski definition) is 9. The fourth-order valence-corrected chi connectivity index (χ4v) is 5.20. The van der Waals surface area contributed by atoms with Crippen LogP contribution in [0.2, 0.25) is 0 Å². The van der Waals surface area contributed by atoms with E-state index in [1.54, 1.807) is 16.2 Å². The molecule has 12 nitrogen and oxygen atoms in total. The molecule has 4 aromatic rings. The number of amides is 1. The number of nitrogens with zero attached hydrogens (tertiary/aromatic N) is 4. The minimum absolute atomic E-state index is 0. The number of ketones is 2. The average Bonchev–Trinajstić information content (AvgIpc) is 3.60. The van der Waals surface area contributed by atoms with Gasteiger partial charge in [-0.3, -0.25) is 9.59 Å². The molecule has 4 rings (SSSR count). The van der Waals surface area contributed by atoms with Crippen LogP contribution >= 0.6 is 12.4 Å². The summed E-state index contributed by atoms with van der Waals surface area (Å²) in [6.45, 7) is 8.51. The smallest absolute Gasteiger partial charge is 0.407 e. The molecule has 0 bridgehead atoms. The molecule has 13 heteroatoms. The summed E-state index contributed by atoms with van der Waals surface area (Å²) in [5, 5.41) is 21.0. The number of imidazole rings is 2. The van der Waals surface area contributed by atoms with Crippen LogP contribution in [0.25, 0.3) is 22.5 Å². The van der Waals surface area contributed by atoms with Crippen molar-refractivity contribution >= 4 is 30.1 Å². The van der Waals surface area contributed by atoms with Gasteiger partial charge in [0.05, 0.1) is 11.4 Å². The summed E-state index contributed by atoms with van der Waals surface area (Å²) in [6, 6.07) is 15.5. The minimum atomic E-state index is -0.573. The second-order valence-corrected chi connectivity index (χ2v) is 13.2. The van der Waals surface area contributed by atoms with E-state index in [-0.39, 0.29) is 49.3 Å². The first-order chi connectivity index (χ1) is 23.1. The van der Waals surface area contributed by atoms with Crippen molar-refractivity contribution in [2.24, 2.45) is 19.8 Å². The fraction of sp³-hybridized carbons (Fsp3) is 0.432. The maximum Gasteiger partial charge on any atom is 0.407 e. The van der Waals surface area contributed by atoms with Crippen LogP contribution in [0.5, 0.6) is 0 Å². The highest BCUT2D eigenvalue weighted by atomic mass is 35.5. The maximum absolute atomic E-state index is 12.0. The number of halogens is 1. The number of carbonyl (C=O) groups excluding carboxylic acids is 3. The number of nitrogens with two attached hydrogens (primary N) is 1. The Labute approximate surface area is 300 Å². The Morgan fingerprint density at radius 3 is 1.56 bits per heavy atom. The van der Waals surface area contributed by atoms with Crippen LogP contribution in [0.3, 0.4) is 0 Å². The SMILES string of the molecule is CC(=O)c1nc(-c2ccc(C[C@@H](CCO)NC(=O)OC(C)(C)C)cc2)cn1C.CC(=O)c1nc(-c2ccc(C[C@H](N)CCO)cc2)cn1C.Cl. The van der Waals surface area contributed by atoms with Gasteiger partial charge in [-0.1, -0.05) is 48.5 Å². The number of hydrogen-bond donors (Lipinski definition) is 4. The first-order valence-electron chi connectivity index (χ1n) is 16.3. The van der Waals surface area contributed by atoms with Gasteiger partial charge >= 0.3 is 6.09 Å². The Bertz CT molecular complexity index is 1690. The highest BCUT2D eigenvalue weighted by molar-refractivity contribution is 5.92. The van der Waals surface area contributed by atoms with Crippen molar-refractivity contribution in [1.82, 2.24) is 24.4 Å². The van der Waals surface area contributed by atoms with Crippen molar-refractivity contribution in [3.8, 4) is 22.5 Å². The van der Waals surface area contributed by atoms with Gasteiger partial charge in [0.1, 0.15) is 5.60 Å². The number of benzene rings is 2. The number of rotatable bonds is 13. The Morgan fingerprint density at radius 2 is 1.20 bits per heavy atom. The number of carbonyl (C=O) groups is 3. The molecule has 0 aliphatic heterocycles. The molecule has 0 aliphatic rings. The van der Waals surface area contributed by atoms with Gasteiger partial charge in [0.25, 0.3) is 0 Å². The third-order valence-electron chi connectivity index (χ3n) is 7.56. The van der Waals surface area contributed by atoms with Crippen LogP contribution in [0.1, 0.15) is 79.8 Å². The molecule has 50 heavy (non-hydrogen) atoms. The van der Waals surface area contributed by atoms with Gasteiger partial charge in [-0.05, 0) is 57.6 Å². The quantitative estimate of drug-likeness (QED) is 0.138. The monoisotopic (exact) mass is 710 g/mol. The molecule has 2 aromatic carbocycles. The van der Waals surface area contributed by atoms with Crippen LogP contribution in [0.15, 0.2) is 60.9 Å².